The molecule has 0 radical (unpaired) electrons. The van der Waals surface area contributed by atoms with Gasteiger partial charge in [0.05, 0.1) is 0 Å². The molecule has 2 aliphatic rings. The summed E-state index contributed by atoms with van der Waals surface area (Å²) in [5, 5.41) is 4.18. The summed E-state index contributed by atoms with van der Waals surface area (Å²) in [5.41, 5.74) is 0.990. The molecule has 0 bridgehead atoms. The summed E-state index contributed by atoms with van der Waals surface area (Å²) < 4.78 is 6.39. The van der Waals surface area contributed by atoms with Crippen molar-refractivity contribution in [1.82, 2.24) is 19.8 Å². The first-order chi connectivity index (χ1) is 15.5. The van der Waals surface area contributed by atoms with E-state index in [0.717, 1.165) is 85.6 Å². The maximum Gasteiger partial charge on any atom is 0.245 e. The van der Waals surface area contributed by atoms with Crippen molar-refractivity contribution >= 4 is 28.2 Å². The van der Waals surface area contributed by atoms with Crippen molar-refractivity contribution in [2.45, 2.75) is 45.1 Å². The Kier molecular flexibility index (Phi) is 7.42. The molecule has 0 spiro atoms. The van der Waals surface area contributed by atoms with Crippen LogP contribution in [-0.4, -0.2) is 65.0 Å². The van der Waals surface area contributed by atoms with Gasteiger partial charge < -0.3 is 19.9 Å². The van der Waals surface area contributed by atoms with Gasteiger partial charge in [0.15, 0.2) is 5.13 Å². The average Bonchev–Trinajstić information content (AvgIpc) is 3.19. The fourth-order valence-electron chi connectivity index (χ4n) is 4.47. The fourth-order valence-corrected chi connectivity index (χ4v) is 5.14. The number of anilines is 2. The Hall–Kier alpha value is -2.45. The zero-order chi connectivity index (χ0) is 22.5. The lowest BCUT2D eigenvalue weighted by atomic mass is 9.93. The molecule has 0 aliphatic carbocycles. The molecule has 4 rings (SSSR count). The molecule has 0 saturated carbocycles. The second-order valence-electron chi connectivity index (χ2n) is 8.90. The molecule has 2 aromatic heterocycles. The van der Waals surface area contributed by atoms with Crippen molar-refractivity contribution in [2.75, 3.05) is 38.5 Å². The maximum atomic E-state index is 12.1. The van der Waals surface area contributed by atoms with E-state index < -0.39 is 0 Å². The van der Waals surface area contributed by atoms with Crippen LogP contribution in [-0.2, 0) is 11.2 Å². The minimum atomic E-state index is 0.0171. The summed E-state index contributed by atoms with van der Waals surface area (Å²) in [5.74, 6) is 2.02. The normalized spacial score (nSPS) is 20.2. The van der Waals surface area contributed by atoms with Crippen LogP contribution >= 0.6 is 11.3 Å². The van der Waals surface area contributed by atoms with Gasteiger partial charge in [-0.2, -0.15) is 0 Å². The van der Waals surface area contributed by atoms with Gasteiger partial charge in [0.2, 0.25) is 5.91 Å². The van der Waals surface area contributed by atoms with E-state index in [2.05, 4.69) is 34.9 Å². The molecule has 172 valence electrons. The lowest BCUT2D eigenvalue weighted by Crippen LogP contribution is -2.39. The minimum absolute atomic E-state index is 0.0171. The van der Waals surface area contributed by atoms with Crippen LogP contribution in [0.5, 0.6) is 5.75 Å². The number of likely N-dealkylation sites (tertiary alicyclic amines) is 2. The van der Waals surface area contributed by atoms with Crippen molar-refractivity contribution in [2.24, 2.45) is 5.92 Å². The standard InChI is InChI=1S/C24H33N5O2S/c1-4-23(30)29-9-5-6-18(16-29)12-19-13-21(31-20-7-10-28(3)11-8-20)14-22(26-19)27-24-25-15-17(2)32-24/h4,13-15,18,20H,1,5-12,16H2,2-3H3,(H,25,26,27)/t18-/m1/s1. The van der Waals surface area contributed by atoms with E-state index in [4.69, 9.17) is 9.72 Å². The Bertz CT molecular complexity index is 938. The predicted octanol–water partition coefficient (Wildman–Crippen LogP) is 4.03. The highest BCUT2D eigenvalue weighted by molar-refractivity contribution is 7.15. The molecular weight excluding hydrogens is 422 g/mol. The molecule has 0 aromatic carbocycles. The maximum absolute atomic E-state index is 12.1. The summed E-state index contributed by atoms with van der Waals surface area (Å²) in [7, 11) is 2.16. The molecule has 2 aromatic rings. The molecule has 8 heteroatoms. The highest BCUT2D eigenvalue weighted by Crippen LogP contribution is 2.28. The van der Waals surface area contributed by atoms with E-state index in [-0.39, 0.29) is 12.0 Å². The first-order valence-electron chi connectivity index (χ1n) is 11.5. The Morgan fingerprint density at radius 1 is 1.31 bits per heavy atom. The second kappa shape index (κ2) is 10.4. The van der Waals surface area contributed by atoms with Gasteiger partial charge in [-0.25, -0.2) is 9.97 Å². The molecule has 1 amide bonds. The first kappa shape index (κ1) is 22.7. The predicted molar refractivity (Wildman–Crippen MR) is 129 cm³/mol. The number of rotatable bonds is 7. The van der Waals surface area contributed by atoms with Crippen LogP contribution in [0.2, 0.25) is 0 Å². The Morgan fingerprint density at radius 2 is 2.12 bits per heavy atom. The lowest BCUT2D eigenvalue weighted by Gasteiger charge is -2.32. The van der Waals surface area contributed by atoms with Crippen LogP contribution in [0.25, 0.3) is 0 Å². The smallest absolute Gasteiger partial charge is 0.245 e. The zero-order valence-electron chi connectivity index (χ0n) is 19.0. The van der Waals surface area contributed by atoms with Crippen molar-refractivity contribution in [1.29, 1.82) is 0 Å². The number of aromatic nitrogens is 2. The number of piperidine rings is 2. The number of pyridine rings is 1. The van der Waals surface area contributed by atoms with Crippen LogP contribution in [0.1, 0.15) is 36.3 Å². The van der Waals surface area contributed by atoms with E-state index in [1.165, 1.54) is 6.08 Å². The van der Waals surface area contributed by atoms with Gasteiger partial charge >= 0.3 is 0 Å². The van der Waals surface area contributed by atoms with Gasteiger partial charge in [-0.3, -0.25) is 4.79 Å². The molecule has 1 N–H and O–H groups in total. The Labute approximate surface area is 194 Å². The molecule has 2 fully saturated rings. The zero-order valence-corrected chi connectivity index (χ0v) is 19.9. The highest BCUT2D eigenvalue weighted by atomic mass is 32.1. The number of thiazole rings is 1. The number of hydrogen-bond donors (Lipinski definition) is 1. The first-order valence-corrected chi connectivity index (χ1v) is 12.3. The van der Waals surface area contributed by atoms with Crippen molar-refractivity contribution in [3.8, 4) is 5.75 Å². The third kappa shape index (κ3) is 6.07. The van der Waals surface area contributed by atoms with Crippen LogP contribution in [0.3, 0.4) is 0 Å². The van der Waals surface area contributed by atoms with Gasteiger partial charge in [0, 0.05) is 55.1 Å². The van der Waals surface area contributed by atoms with Crippen LogP contribution in [0.15, 0.2) is 31.0 Å². The highest BCUT2D eigenvalue weighted by Gasteiger charge is 2.24. The second-order valence-corrected chi connectivity index (χ2v) is 10.1. The number of ether oxygens (including phenoxy) is 1. The summed E-state index contributed by atoms with van der Waals surface area (Å²) in [6.07, 6.45) is 8.49. The minimum Gasteiger partial charge on any atom is -0.490 e. The monoisotopic (exact) mass is 455 g/mol. The van der Waals surface area contributed by atoms with E-state index in [1.54, 1.807) is 11.3 Å². The van der Waals surface area contributed by atoms with Gasteiger partial charge in [-0.05, 0) is 58.1 Å². The summed E-state index contributed by atoms with van der Waals surface area (Å²) in [4.78, 5) is 26.8. The number of nitrogens with zero attached hydrogens (tertiary/aromatic N) is 4. The van der Waals surface area contributed by atoms with Gasteiger partial charge in [0.25, 0.3) is 0 Å². The summed E-state index contributed by atoms with van der Waals surface area (Å²) in [6, 6.07) is 4.05. The van der Waals surface area contributed by atoms with Gasteiger partial charge in [-0.1, -0.05) is 6.58 Å². The van der Waals surface area contributed by atoms with Crippen LogP contribution in [0.4, 0.5) is 10.9 Å². The molecule has 0 unspecified atom stereocenters. The largest absolute Gasteiger partial charge is 0.490 e. The summed E-state index contributed by atoms with van der Waals surface area (Å²) in [6.45, 7) is 9.35. The number of carbonyl (C=O) groups excluding carboxylic acids is 1. The number of carbonyl (C=O) groups is 1. The average molecular weight is 456 g/mol. The van der Waals surface area contributed by atoms with E-state index in [0.29, 0.717) is 5.92 Å². The molecule has 1 atom stereocenters. The number of hydrogen-bond acceptors (Lipinski definition) is 7. The molecule has 2 aliphatic heterocycles. The number of amides is 1. The molecule has 4 heterocycles. The lowest BCUT2D eigenvalue weighted by molar-refractivity contribution is -0.127. The fraction of sp³-hybridized carbons (Fsp3) is 0.542. The summed E-state index contributed by atoms with van der Waals surface area (Å²) >= 11 is 1.61. The molecule has 2 saturated heterocycles. The number of nitrogens with one attached hydrogen (secondary N) is 1. The van der Waals surface area contributed by atoms with Crippen molar-refractivity contribution in [3.05, 3.63) is 41.6 Å². The topological polar surface area (TPSA) is 70.6 Å². The quantitative estimate of drug-likeness (QED) is 0.636. The van der Waals surface area contributed by atoms with Gasteiger partial charge in [0.1, 0.15) is 17.7 Å². The molecule has 32 heavy (non-hydrogen) atoms. The van der Waals surface area contributed by atoms with E-state index >= 15 is 0 Å². The van der Waals surface area contributed by atoms with E-state index in [9.17, 15) is 4.79 Å². The van der Waals surface area contributed by atoms with E-state index in [1.807, 2.05) is 24.1 Å². The van der Waals surface area contributed by atoms with Crippen LogP contribution < -0.4 is 10.1 Å². The third-order valence-corrected chi connectivity index (χ3v) is 7.01. The van der Waals surface area contributed by atoms with Crippen molar-refractivity contribution < 1.29 is 9.53 Å². The molecular formula is C24H33N5O2S. The third-order valence-electron chi connectivity index (χ3n) is 6.18. The Balaban J connectivity index is 1.51. The SMILES string of the molecule is C=CC(=O)N1CCC[C@H](Cc2cc(OC3CCN(C)CC3)cc(Nc3ncc(C)s3)n2)C1. The van der Waals surface area contributed by atoms with Crippen molar-refractivity contribution in [3.63, 3.8) is 0 Å². The Morgan fingerprint density at radius 3 is 2.84 bits per heavy atom. The van der Waals surface area contributed by atoms with Crippen LogP contribution in [0, 0.1) is 12.8 Å². The number of aryl methyl sites for hydroxylation is 1. The molecule has 7 nitrogen and oxygen atoms in total. The van der Waals surface area contributed by atoms with Gasteiger partial charge in [-0.15, -0.1) is 11.3 Å².